The van der Waals surface area contributed by atoms with Crippen LogP contribution in [0.3, 0.4) is 0 Å². The van der Waals surface area contributed by atoms with Crippen LogP contribution in [0.2, 0.25) is 0 Å². The van der Waals surface area contributed by atoms with E-state index in [1.165, 1.54) is 12.1 Å². The van der Waals surface area contributed by atoms with E-state index < -0.39 is 0 Å². The molecule has 1 aromatic rings. The first-order valence-corrected chi connectivity index (χ1v) is 7.09. The highest BCUT2D eigenvalue weighted by atomic mass is 16.1. The topological polar surface area (TPSA) is 20.3 Å². The summed E-state index contributed by atoms with van der Waals surface area (Å²) in [6, 6.07) is 10.7. The quantitative estimate of drug-likeness (QED) is 0.813. The van der Waals surface area contributed by atoms with Crippen LogP contribution in [0.15, 0.2) is 30.3 Å². The third kappa shape index (κ3) is 2.64. The average Bonchev–Trinajstić information content (AvgIpc) is 2.79. The fourth-order valence-corrected chi connectivity index (χ4v) is 3.45. The molecule has 2 atom stereocenters. The van der Waals surface area contributed by atoms with Crippen LogP contribution in [-0.4, -0.2) is 30.3 Å². The molecule has 0 aromatic heterocycles. The molecular formula is C16H21NO. The van der Waals surface area contributed by atoms with Crippen molar-refractivity contribution < 1.29 is 4.79 Å². The zero-order chi connectivity index (χ0) is 12.4. The van der Waals surface area contributed by atoms with Crippen molar-refractivity contribution in [3.63, 3.8) is 0 Å². The summed E-state index contributed by atoms with van der Waals surface area (Å²) in [6.45, 7) is 3.50. The molecule has 0 amide bonds. The van der Waals surface area contributed by atoms with Gasteiger partial charge in [-0.3, -0.25) is 4.79 Å². The SMILES string of the molecule is O=C1CC[C@@H]2CN(CCc3ccccc3)C[C@@H]2C1. The molecule has 0 unspecified atom stereocenters. The summed E-state index contributed by atoms with van der Waals surface area (Å²) in [7, 11) is 0. The molecule has 0 bridgehead atoms. The van der Waals surface area contributed by atoms with Crippen molar-refractivity contribution in [3.05, 3.63) is 35.9 Å². The highest BCUT2D eigenvalue weighted by Gasteiger charge is 2.36. The number of benzene rings is 1. The van der Waals surface area contributed by atoms with E-state index in [-0.39, 0.29) is 0 Å². The second-order valence-corrected chi connectivity index (χ2v) is 5.80. The summed E-state index contributed by atoms with van der Waals surface area (Å²) in [5.74, 6) is 1.93. The molecule has 2 heteroatoms. The van der Waals surface area contributed by atoms with Crippen LogP contribution in [0.25, 0.3) is 0 Å². The zero-order valence-electron chi connectivity index (χ0n) is 10.8. The Labute approximate surface area is 109 Å². The Hall–Kier alpha value is -1.15. The lowest BCUT2D eigenvalue weighted by Crippen LogP contribution is -2.23. The van der Waals surface area contributed by atoms with E-state index in [0.717, 1.165) is 44.7 Å². The maximum absolute atomic E-state index is 11.5. The smallest absolute Gasteiger partial charge is 0.133 e. The minimum absolute atomic E-state index is 0.487. The van der Waals surface area contributed by atoms with E-state index in [9.17, 15) is 4.79 Å². The van der Waals surface area contributed by atoms with Crippen LogP contribution in [0, 0.1) is 11.8 Å². The van der Waals surface area contributed by atoms with Crippen molar-refractivity contribution in [1.82, 2.24) is 4.90 Å². The number of hydrogen-bond donors (Lipinski definition) is 0. The number of Topliss-reactive ketones (excluding diaryl/α,β-unsaturated/α-hetero) is 1. The average molecular weight is 243 g/mol. The van der Waals surface area contributed by atoms with Gasteiger partial charge in [-0.25, -0.2) is 0 Å². The van der Waals surface area contributed by atoms with Gasteiger partial charge in [0.05, 0.1) is 0 Å². The largest absolute Gasteiger partial charge is 0.302 e. The number of hydrogen-bond acceptors (Lipinski definition) is 2. The van der Waals surface area contributed by atoms with Crippen LogP contribution in [0.5, 0.6) is 0 Å². The van der Waals surface area contributed by atoms with Gasteiger partial charge in [0.25, 0.3) is 0 Å². The molecule has 1 aromatic carbocycles. The molecule has 1 heterocycles. The van der Waals surface area contributed by atoms with Crippen LogP contribution in [0.1, 0.15) is 24.8 Å². The third-order valence-electron chi connectivity index (χ3n) is 4.50. The molecule has 0 radical (unpaired) electrons. The molecule has 18 heavy (non-hydrogen) atoms. The molecule has 1 aliphatic carbocycles. The summed E-state index contributed by atoms with van der Waals surface area (Å²) >= 11 is 0. The molecule has 2 aliphatic rings. The second-order valence-electron chi connectivity index (χ2n) is 5.80. The van der Waals surface area contributed by atoms with Crippen molar-refractivity contribution in [2.45, 2.75) is 25.7 Å². The second kappa shape index (κ2) is 5.23. The normalized spacial score (nSPS) is 28.3. The number of carbonyl (C=O) groups excluding carboxylic acids is 1. The van der Waals surface area contributed by atoms with Crippen LogP contribution < -0.4 is 0 Å². The van der Waals surface area contributed by atoms with Crippen molar-refractivity contribution in [1.29, 1.82) is 0 Å². The molecule has 2 nitrogen and oxygen atoms in total. The minimum Gasteiger partial charge on any atom is -0.302 e. The fraction of sp³-hybridized carbons (Fsp3) is 0.562. The summed E-state index contributed by atoms with van der Waals surface area (Å²) in [6.07, 6.45) is 3.93. The van der Waals surface area contributed by atoms with Gasteiger partial charge in [0.2, 0.25) is 0 Å². The Morgan fingerprint density at radius 2 is 1.89 bits per heavy atom. The van der Waals surface area contributed by atoms with Crippen LogP contribution in [-0.2, 0) is 11.2 Å². The molecule has 2 fully saturated rings. The van der Waals surface area contributed by atoms with E-state index in [1.807, 2.05) is 0 Å². The predicted octanol–water partition coefficient (Wildman–Crippen LogP) is 2.53. The number of fused-ring (bicyclic) bond motifs is 1. The van der Waals surface area contributed by atoms with Gasteiger partial charge in [0.1, 0.15) is 5.78 Å². The zero-order valence-corrected chi connectivity index (χ0v) is 10.8. The number of likely N-dealkylation sites (tertiary alicyclic amines) is 1. The minimum atomic E-state index is 0.487. The number of rotatable bonds is 3. The Balaban J connectivity index is 1.52. The van der Waals surface area contributed by atoms with Crippen molar-refractivity contribution >= 4 is 5.78 Å². The van der Waals surface area contributed by atoms with Crippen molar-refractivity contribution in [2.24, 2.45) is 11.8 Å². The lowest BCUT2D eigenvalue weighted by molar-refractivity contribution is -0.122. The Kier molecular flexibility index (Phi) is 3.46. The summed E-state index contributed by atoms with van der Waals surface area (Å²) in [4.78, 5) is 14.0. The van der Waals surface area contributed by atoms with Crippen LogP contribution in [0.4, 0.5) is 0 Å². The van der Waals surface area contributed by atoms with Gasteiger partial charge in [-0.2, -0.15) is 0 Å². The van der Waals surface area contributed by atoms with E-state index in [1.54, 1.807) is 0 Å². The Morgan fingerprint density at radius 1 is 1.11 bits per heavy atom. The molecule has 96 valence electrons. The van der Waals surface area contributed by atoms with Gasteiger partial charge < -0.3 is 4.90 Å². The summed E-state index contributed by atoms with van der Waals surface area (Å²) < 4.78 is 0. The first-order chi connectivity index (χ1) is 8.81. The molecular weight excluding hydrogens is 222 g/mol. The predicted molar refractivity (Wildman–Crippen MR) is 72.4 cm³/mol. The molecule has 3 rings (SSSR count). The van der Waals surface area contributed by atoms with Crippen molar-refractivity contribution in [3.8, 4) is 0 Å². The van der Waals surface area contributed by atoms with Gasteiger partial charge in [-0.05, 0) is 30.2 Å². The molecule has 1 aliphatic heterocycles. The highest BCUT2D eigenvalue weighted by Crippen LogP contribution is 2.34. The number of ketones is 1. The molecule has 1 saturated carbocycles. The maximum atomic E-state index is 11.5. The maximum Gasteiger partial charge on any atom is 0.133 e. The summed E-state index contributed by atoms with van der Waals surface area (Å²) in [5, 5.41) is 0. The van der Waals surface area contributed by atoms with E-state index >= 15 is 0 Å². The van der Waals surface area contributed by atoms with Gasteiger partial charge >= 0.3 is 0 Å². The van der Waals surface area contributed by atoms with Crippen LogP contribution >= 0.6 is 0 Å². The first kappa shape index (κ1) is 11.9. The lowest BCUT2D eigenvalue weighted by atomic mass is 9.81. The lowest BCUT2D eigenvalue weighted by Gasteiger charge is -2.22. The van der Waals surface area contributed by atoms with E-state index in [4.69, 9.17) is 0 Å². The number of carbonyl (C=O) groups is 1. The Bertz CT molecular complexity index is 414. The third-order valence-corrected chi connectivity index (χ3v) is 4.50. The fourth-order valence-electron chi connectivity index (χ4n) is 3.45. The van der Waals surface area contributed by atoms with Gasteiger partial charge in [-0.1, -0.05) is 30.3 Å². The highest BCUT2D eigenvalue weighted by molar-refractivity contribution is 5.79. The van der Waals surface area contributed by atoms with Gasteiger partial charge in [0, 0.05) is 32.5 Å². The number of nitrogens with zero attached hydrogens (tertiary/aromatic N) is 1. The molecule has 0 spiro atoms. The first-order valence-electron chi connectivity index (χ1n) is 7.09. The Morgan fingerprint density at radius 3 is 2.72 bits per heavy atom. The summed E-state index contributed by atoms with van der Waals surface area (Å²) in [5.41, 5.74) is 1.42. The van der Waals surface area contributed by atoms with E-state index in [2.05, 4.69) is 35.2 Å². The molecule has 0 N–H and O–H groups in total. The van der Waals surface area contributed by atoms with Gasteiger partial charge in [0.15, 0.2) is 0 Å². The van der Waals surface area contributed by atoms with Gasteiger partial charge in [-0.15, -0.1) is 0 Å². The van der Waals surface area contributed by atoms with E-state index in [0.29, 0.717) is 11.7 Å². The van der Waals surface area contributed by atoms with Crippen molar-refractivity contribution in [2.75, 3.05) is 19.6 Å². The molecule has 1 saturated heterocycles. The standard InChI is InChI=1S/C16H21NO/c18-16-7-6-14-11-17(12-15(14)10-16)9-8-13-4-2-1-3-5-13/h1-5,14-15H,6-12H2/t14-,15+/m1/s1. The monoisotopic (exact) mass is 243 g/mol.